The van der Waals surface area contributed by atoms with Crippen molar-refractivity contribution >= 4 is 17.7 Å². The number of rotatable bonds is 7. The van der Waals surface area contributed by atoms with Crippen molar-refractivity contribution in [1.29, 1.82) is 0 Å². The summed E-state index contributed by atoms with van der Waals surface area (Å²) in [6.07, 6.45) is 1.73. The largest absolute Gasteiger partial charge is 0.351 e. The molecule has 3 nitrogen and oxygen atoms in total. The highest BCUT2D eigenvalue weighted by atomic mass is 32.2. The Balaban J connectivity index is 1.79. The molecule has 2 aromatic carbocycles. The van der Waals surface area contributed by atoms with Gasteiger partial charge >= 0.3 is 0 Å². The Morgan fingerprint density at radius 2 is 1.52 bits per heavy atom. The molecular formula is C23H24N2OS. The zero-order valence-electron chi connectivity index (χ0n) is 15.6. The number of nitrogens with one attached hydrogen (secondary N) is 1. The summed E-state index contributed by atoms with van der Waals surface area (Å²) in [6.45, 7) is 4.73. The first-order valence-corrected chi connectivity index (χ1v) is 10.0. The van der Waals surface area contributed by atoms with Crippen LogP contribution in [0.1, 0.15) is 41.3 Å². The topological polar surface area (TPSA) is 42.0 Å². The highest BCUT2D eigenvalue weighted by Crippen LogP contribution is 2.26. The van der Waals surface area contributed by atoms with Gasteiger partial charge in [-0.1, -0.05) is 74.5 Å². The Hall–Kier alpha value is -2.59. The van der Waals surface area contributed by atoms with E-state index in [1.54, 1.807) is 18.0 Å². The zero-order chi connectivity index (χ0) is 19.1. The van der Waals surface area contributed by atoms with Crippen LogP contribution in [-0.4, -0.2) is 22.7 Å². The minimum Gasteiger partial charge on any atom is -0.351 e. The minimum atomic E-state index is -0.0805. The Bertz CT molecular complexity index is 826. The first-order chi connectivity index (χ1) is 13.1. The van der Waals surface area contributed by atoms with E-state index in [1.807, 2.05) is 48.5 Å². The number of thioether (sulfide) groups is 1. The Labute approximate surface area is 165 Å². The third kappa shape index (κ3) is 5.20. The second-order valence-corrected chi connectivity index (χ2v) is 8.17. The van der Waals surface area contributed by atoms with Crippen LogP contribution in [0, 0.1) is 0 Å². The average Bonchev–Trinajstić information content (AvgIpc) is 2.69. The molecule has 4 heteroatoms. The molecule has 0 saturated heterocycles. The van der Waals surface area contributed by atoms with Crippen LogP contribution < -0.4 is 5.32 Å². The number of hydrogen-bond donors (Lipinski definition) is 1. The minimum absolute atomic E-state index is 0.0805. The van der Waals surface area contributed by atoms with Gasteiger partial charge in [0.25, 0.3) is 5.91 Å². The molecule has 0 spiro atoms. The molecule has 0 saturated carbocycles. The number of aromatic nitrogens is 1. The summed E-state index contributed by atoms with van der Waals surface area (Å²) in [5.74, 6) is 0.0253. The van der Waals surface area contributed by atoms with Gasteiger partial charge in [0.1, 0.15) is 5.03 Å². The molecule has 3 aromatic rings. The van der Waals surface area contributed by atoms with Crippen LogP contribution in [0.5, 0.6) is 0 Å². The second kappa shape index (κ2) is 9.38. The lowest BCUT2D eigenvalue weighted by Gasteiger charge is -2.19. The summed E-state index contributed by atoms with van der Waals surface area (Å²) in [5.41, 5.74) is 3.01. The van der Waals surface area contributed by atoms with Crippen LogP contribution in [0.15, 0.2) is 84.0 Å². The van der Waals surface area contributed by atoms with Crippen molar-refractivity contribution in [3.8, 4) is 0 Å². The van der Waals surface area contributed by atoms with Gasteiger partial charge in [-0.05, 0) is 23.3 Å². The van der Waals surface area contributed by atoms with Crippen LogP contribution in [-0.2, 0) is 0 Å². The SMILES string of the molecule is CC(C)Sc1ncccc1C(=O)NCC(c1ccccc1)c1ccccc1. The fourth-order valence-corrected chi connectivity index (χ4v) is 3.83. The highest BCUT2D eigenvalue weighted by molar-refractivity contribution is 7.99. The summed E-state index contributed by atoms with van der Waals surface area (Å²) in [6, 6.07) is 24.2. The number of amides is 1. The number of benzene rings is 2. The van der Waals surface area contributed by atoms with E-state index in [-0.39, 0.29) is 11.8 Å². The number of pyridine rings is 1. The molecule has 1 amide bonds. The molecule has 1 N–H and O–H groups in total. The lowest BCUT2D eigenvalue weighted by atomic mass is 9.91. The van der Waals surface area contributed by atoms with Crippen molar-refractivity contribution in [2.75, 3.05) is 6.54 Å². The van der Waals surface area contributed by atoms with E-state index < -0.39 is 0 Å². The quantitative estimate of drug-likeness (QED) is 0.580. The van der Waals surface area contributed by atoms with Crippen LogP contribution in [0.4, 0.5) is 0 Å². The van der Waals surface area contributed by atoms with Crippen LogP contribution in [0.2, 0.25) is 0 Å². The van der Waals surface area contributed by atoms with E-state index in [0.29, 0.717) is 17.4 Å². The van der Waals surface area contributed by atoms with E-state index in [1.165, 1.54) is 11.1 Å². The fraction of sp³-hybridized carbons (Fsp3) is 0.217. The maximum atomic E-state index is 12.8. The van der Waals surface area contributed by atoms with Crippen molar-refractivity contribution in [2.24, 2.45) is 0 Å². The molecule has 0 aliphatic heterocycles. The molecule has 3 rings (SSSR count). The van der Waals surface area contributed by atoms with Gasteiger partial charge in [0, 0.05) is 23.9 Å². The Kier molecular flexibility index (Phi) is 6.66. The monoisotopic (exact) mass is 376 g/mol. The fourth-order valence-electron chi connectivity index (χ4n) is 2.97. The lowest BCUT2D eigenvalue weighted by Crippen LogP contribution is -2.29. The number of hydrogen-bond acceptors (Lipinski definition) is 3. The number of carbonyl (C=O) groups excluding carboxylic acids is 1. The molecular weight excluding hydrogens is 352 g/mol. The Morgan fingerprint density at radius 1 is 0.926 bits per heavy atom. The predicted octanol–water partition coefficient (Wildman–Crippen LogP) is 5.14. The third-order valence-electron chi connectivity index (χ3n) is 4.23. The second-order valence-electron chi connectivity index (χ2n) is 6.61. The molecule has 0 radical (unpaired) electrons. The summed E-state index contributed by atoms with van der Waals surface area (Å²) < 4.78 is 0. The molecule has 0 fully saturated rings. The molecule has 0 atom stereocenters. The highest BCUT2D eigenvalue weighted by Gasteiger charge is 2.18. The zero-order valence-corrected chi connectivity index (χ0v) is 16.4. The van der Waals surface area contributed by atoms with Crippen molar-refractivity contribution in [3.05, 3.63) is 95.7 Å². The van der Waals surface area contributed by atoms with E-state index in [2.05, 4.69) is 48.4 Å². The van der Waals surface area contributed by atoms with E-state index in [9.17, 15) is 4.79 Å². The number of nitrogens with zero attached hydrogens (tertiary/aromatic N) is 1. The first kappa shape index (κ1) is 19.2. The van der Waals surface area contributed by atoms with Crippen molar-refractivity contribution in [3.63, 3.8) is 0 Å². The van der Waals surface area contributed by atoms with E-state index in [4.69, 9.17) is 0 Å². The van der Waals surface area contributed by atoms with Gasteiger partial charge in [0.15, 0.2) is 0 Å². The molecule has 0 unspecified atom stereocenters. The van der Waals surface area contributed by atoms with Gasteiger partial charge in [-0.25, -0.2) is 4.98 Å². The summed E-state index contributed by atoms with van der Waals surface area (Å²) in [7, 11) is 0. The molecule has 1 heterocycles. The maximum Gasteiger partial charge on any atom is 0.254 e. The molecule has 1 aromatic heterocycles. The van der Waals surface area contributed by atoms with Gasteiger partial charge in [-0.15, -0.1) is 11.8 Å². The maximum absolute atomic E-state index is 12.8. The first-order valence-electron chi connectivity index (χ1n) is 9.15. The molecule has 0 bridgehead atoms. The molecule has 138 valence electrons. The van der Waals surface area contributed by atoms with Gasteiger partial charge < -0.3 is 5.32 Å². The summed E-state index contributed by atoms with van der Waals surface area (Å²) in [4.78, 5) is 17.2. The van der Waals surface area contributed by atoms with Gasteiger partial charge in [-0.2, -0.15) is 0 Å². The van der Waals surface area contributed by atoms with E-state index >= 15 is 0 Å². The van der Waals surface area contributed by atoms with Crippen molar-refractivity contribution < 1.29 is 4.79 Å². The average molecular weight is 377 g/mol. The van der Waals surface area contributed by atoms with Crippen molar-refractivity contribution in [2.45, 2.75) is 30.0 Å². The predicted molar refractivity (Wildman–Crippen MR) is 112 cm³/mol. The van der Waals surface area contributed by atoms with Crippen molar-refractivity contribution in [1.82, 2.24) is 10.3 Å². The molecule has 0 aliphatic carbocycles. The van der Waals surface area contributed by atoms with Gasteiger partial charge in [0.2, 0.25) is 0 Å². The standard InChI is InChI=1S/C23H24N2OS/c1-17(2)27-23-20(14-9-15-24-23)22(26)25-16-21(18-10-5-3-6-11-18)19-12-7-4-8-13-19/h3-15,17,21H,16H2,1-2H3,(H,25,26). The van der Waals surface area contributed by atoms with Gasteiger partial charge in [0.05, 0.1) is 5.56 Å². The third-order valence-corrected chi connectivity index (χ3v) is 5.25. The summed E-state index contributed by atoms with van der Waals surface area (Å²) >= 11 is 1.61. The number of carbonyl (C=O) groups is 1. The van der Waals surface area contributed by atoms with Gasteiger partial charge in [-0.3, -0.25) is 4.79 Å². The van der Waals surface area contributed by atoms with E-state index in [0.717, 1.165) is 5.03 Å². The molecule has 27 heavy (non-hydrogen) atoms. The lowest BCUT2D eigenvalue weighted by molar-refractivity contribution is 0.0949. The normalized spacial score (nSPS) is 11.0. The molecule has 0 aliphatic rings. The Morgan fingerprint density at radius 3 is 2.07 bits per heavy atom. The van der Waals surface area contributed by atoms with Crippen LogP contribution in [0.3, 0.4) is 0 Å². The summed E-state index contributed by atoms with van der Waals surface area (Å²) in [5, 5.41) is 4.26. The smallest absolute Gasteiger partial charge is 0.254 e. The van der Waals surface area contributed by atoms with Crippen LogP contribution in [0.25, 0.3) is 0 Å². The van der Waals surface area contributed by atoms with Crippen LogP contribution >= 0.6 is 11.8 Å².